The fourth-order valence-corrected chi connectivity index (χ4v) is 1.78. The third-order valence-corrected chi connectivity index (χ3v) is 2.97. The molecule has 0 aliphatic carbocycles. The zero-order chi connectivity index (χ0) is 14.5. The molecular weight excluding hydrogens is 309 g/mol. The molecule has 2 aromatic carbocycles. The molecule has 0 amide bonds. The van der Waals surface area contributed by atoms with Crippen molar-refractivity contribution in [2.45, 2.75) is 6.61 Å². The summed E-state index contributed by atoms with van der Waals surface area (Å²) >= 11 is 5.81. The molecular formula is C15H13Cl2N3O. The number of nitrogens with one attached hydrogen (secondary N) is 1. The normalized spacial score (nSPS) is 9.33. The summed E-state index contributed by atoms with van der Waals surface area (Å²) in [5, 5.41) is 17.1. The van der Waals surface area contributed by atoms with E-state index in [4.69, 9.17) is 32.7 Å². The van der Waals surface area contributed by atoms with Crippen LogP contribution in [-0.2, 0) is 6.61 Å². The fourth-order valence-electron chi connectivity index (χ4n) is 1.65. The van der Waals surface area contributed by atoms with Crippen molar-refractivity contribution in [3.05, 3.63) is 64.2 Å². The zero-order valence-corrected chi connectivity index (χ0v) is 12.5. The van der Waals surface area contributed by atoms with Gasteiger partial charge in [-0.05, 0) is 35.9 Å². The van der Waals surface area contributed by atoms with Gasteiger partial charge in [0.15, 0.2) is 0 Å². The van der Waals surface area contributed by atoms with E-state index in [9.17, 15) is 0 Å². The maximum Gasteiger partial charge on any atom is 0.137 e. The minimum atomic E-state index is -0.0780. The van der Waals surface area contributed by atoms with E-state index in [0.717, 1.165) is 5.56 Å². The number of nitrogens with two attached hydrogens (primary N) is 1. The highest BCUT2D eigenvalue weighted by Gasteiger charge is 2.06. The van der Waals surface area contributed by atoms with Crippen LogP contribution in [0.4, 0.5) is 0 Å². The van der Waals surface area contributed by atoms with Crippen molar-refractivity contribution in [3.8, 4) is 11.8 Å². The Morgan fingerprint density at radius 2 is 1.90 bits per heavy atom. The van der Waals surface area contributed by atoms with Gasteiger partial charge in [0.05, 0.1) is 5.56 Å². The number of nitrogens with zero attached hydrogens (tertiary/aromatic N) is 1. The van der Waals surface area contributed by atoms with Crippen molar-refractivity contribution < 1.29 is 4.74 Å². The van der Waals surface area contributed by atoms with Gasteiger partial charge in [0.2, 0.25) is 0 Å². The highest BCUT2D eigenvalue weighted by molar-refractivity contribution is 6.30. The summed E-state index contributed by atoms with van der Waals surface area (Å²) in [4.78, 5) is 0. The first kappa shape index (κ1) is 16.8. The third kappa shape index (κ3) is 4.38. The van der Waals surface area contributed by atoms with E-state index in [1.165, 1.54) is 0 Å². The number of rotatable bonds is 4. The molecule has 21 heavy (non-hydrogen) atoms. The number of hydrogen-bond acceptors (Lipinski definition) is 3. The second-order valence-electron chi connectivity index (χ2n) is 4.15. The van der Waals surface area contributed by atoms with E-state index >= 15 is 0 Å². The Morgan fingerprint density at radius 1 is 1.24 bits per heavy atom. The predicted octanol–water partition coefficient (Wildman–Crippen LogP) is 3.50. The lowest BCUT2D eigenvalue weighted by Gasteiger charge is -2.09. The first-order chi connectivity index (χ1) is 9.60. The maximum absolute atomic E-state index is 9.10. The topological polar surface area (TPSA) is 82.9 Å². The lowest BCUT2D eigenvalue weighted by atomic mass is 10.1. The van der Waals surface area contributed by atoms with E-state index < -0.39 is 0 Å². The number of nitrogen functional groups attached to an aromatic ring is 1. The molecule has 6 heteroatoms. The van der Waals surface area contributed by atoms with Gasteiger partial charge in [-0.1, -0.05) is 23.7 Å². The second kappa shape index (κ2) is 7.53. The monoisotopic (exact) mass is 321 g/mol. The Hall–Kier alpha value is -2.22. The third-order valence-electron chi connectivity index (χ3n) is 2.72. The van der Waals surface area contributed by atoms with Crippen LogP contribution < -0.4 is 10.5 Å². The van der Waals surface area contributed by atoms with Crippen LogP contribution in [0.3, 0.4) is 0 Å². The zero-order valence-electron chi connectivity index (χ0n) is 11.0. The number of nitriles is 1. The van der Waals surface area contributed by atoms with Crippen molar-refractivity contribution >= 4 is 29.8 Å². The van der Waals surface area contributed by atoms with Gasteiger partial charge < -0.3 is 10.5 Å². The van der Waals surface area contributed by atoms with Crippen LogP contribution in [0, 0.1) is 16.7 Å². The minimum absolute atomic E-state index is 0. The summed E-state index contributed by atoms with van der Waals surface area (Å²) in [5.41, 5.74) is 7.19. The molecule has 0 fully saturated rings. The molecule has 0 saturated carbocycles. The quantitative estimate of drug-likeness (QED) is 0.667. The summed E-state index contributed by atoms with van der Waals surface area (Å²) in [5.74, 6) is 0.387. The van der Waals surface area contributed by atoms with Crippen LogP contribution in [0.15, 0.2) is 42.5 Å². The lowest BCUT2D eigenvalue weighted by Crippen LogP contribution is -2.11. The van der Waals surface area contributed by atoms with Gasteiger partial charge in [-0.3, -0.25) is 5.41 Å². The molecule has 0 atom stereocenters. The van der Waals surface area contributed by atoms with E-state index in [1.54, 1.807) is 30.3 Å². The number of halogens is 2. The molecule has 0 radical (unpaired) electrons. The highest BCUT2D eigenvalue weighted by atomic mass is 35.5. The molecule has 0 aromatic heterocycles. The van der Waals surface area contributed by atoms with Crippen LogP contribution in [-0.4, -0.2) is 5.84 Å². The average molecular weight is 322 g/mol. The Morgan fingerprint density at radius 3 is 2.48 bits per heavy atom. The van der Waals surface area contributed by atoms with Crippen LogP contribution in [0.1, 0.15) is 16.7 Å². The Balaban J connectivity index is 0.00000220. The summed E-state index contributed by atoms with van der Waals surface area (Å²) in [6.45, 7) is 0.339. The smallest absolute Gasteiger partial charge is 0.137 e. The van der Waals surface area contributed by atoms with Crippen LogP contribution in [0.5, 0.6) is 5.75 Å². The number of amidine groups is 1. The standard InChI is InChI=1S/C15H12ClN3O.ClH/c16-13-4-1-10(2-5-13)9-20-14-6-3-11(15(18)19)7-12(14)8-17;/h1-7H,9H2,(H3,18,19);1H. The fraction of sp³-hybridized carbons (Fsp3) is 0.0667. The van der Waals surface area contributed by atoms with Gasteiger partial charge >= 0.3 is 0 Å². The Labute approximate surface area is 134 Å². The van der Waals surface area contributed by atoms with E-state index in [2.05, 4.69) is 0 Å². The summed E-state index contributed by atoms with van der Waals surface area (Å²) in [6.07, 6.45) is 0. The van der Waals surface area contributed by atoms with Gasteiger partial charge in [0.25, 0.3) is 0 Å². The summed E-state index contributed by atoms with van der Waals surface area (Å²) in [6, 6.07) is 14.2. The molecule has 4 nitrogen and oxygen atoms in total. The van der Waals surface area contributed by atoms with Crippen LogP contribution >= 0.6 is 24.0 Å². The first-order valence-electron chi connectivity index (χ1n) is 5.86. The Kier molecular flexibility index (Phi) is 6.04. The van der Waals surface area contributed by atoms with Gasteiger partial charge in [0, 0.05) is 10.6 Å². The molecule has 0 bridgehead atoms. The lowest BCUT2D eigenvalue weighted by molar-refractivity contribution is 0.305. The number of ether oxygens (including phenoxy) is 1. The summed E-state index contributed by atoms with van der Waals surface area (Å²) < 4.78 is 5.61. The molecule has 0 unspecified atom stereocenters. The highest BCUT2D eigenvalue weighted by Crippen LogP contribution is 2.21. The molecule has 0 saturated heterocycles. The minimum Gasteiger partial charge on any atom is -0.488 e. The van der Waals surface area contributed by atoms with Gasteiger partial charge in [-0.15, -0.1) is 12.4 Å². The van der Waals surface area contributed by atoms with Gasteiger partial charge in [-0.2, -0.15) is 5.26 Å². The molecule has 0 aliphatic heterocycles. The molecule has 3 N–H and O–H groups in total. The largest absolute Gasteiger partial charge is 0.488 e. The van der Waals surface area contributed by atoms with Gasteiger partial charge in [-0.25, -0.2) is 0 Å². The van der Waals surface area contributed by atoms with Gasteiger partial charge in [0.1, 0.15) is 24.3 Å². The molecule has 2 rings (SSSR count). The SMILES string of the molecule is Cl.N#Cc1cc(C(=N)N)ccc1OCc1ccc(Cl)cc1. The predicted molar refractivity (Wildman–Crippen MR) is 85.2 cm³/mol. The van der Waals surface area contributed by atoms with E-state index in [1.807, 2.05) is 18.2 Å². The van der Waals surface area contributed by atoms with Crippen molar-refractivity contribution in [2.24, 2.45) is 5.73 Å². The molecule has 0 heterocycles. The summed E-state index contributed by atoms with van der Waals surface area (Å²) in [7, 11) is 0. The van der Waals surface area contributed by atoms with Crippen molar-refractivity contribution in [3.63, 3.8) is 0 Å². The molecule has 0 spiro atoms. The second-order valence-corrected chi connectivity index (χ2v) is 4.59. The van der Waals surface area contributed by atoms with E-state index in [-0.39, 0.29) is 18.2 Å². The molecule has 0 aliphatic rings. The molecule has 108 valence electrons. The van der Waals surface area contributed by atoms with Crippen LogP contribution in [0.25, 0.3) is 0 Å². The number of benzene rings is 2. The van der Waals surface area contributed by atoms with E-state index in [0.29, 0.717) is 28.5 Å². The first-order valence-corrected chi connectivity index (χ1v) is 6.23. The Bertz CT molecular complexity index is 678. The van der Waals surface area contributed by atoms with Crippen molar-refractivity contribution in [2.75, 3.05) is 0 Å². The van der Waals surface area contributed by atoms with Crippen molar-refractivity contribution in [1.29, 1.82) is 10.7 Å². The maximum atomic E-state index is 9.10. The van der Waals surface area contributed by atoms with Crippen molar-refractivity contribution in [1.82, 2.24) is 0 Å². The average Bonchev–Trinajstić information content (AvgIpc) is 2.46. The van der Waals surface area contributed by atoms with Crippen LogP contribution in [0.2, 0.25) is 5.02 Å². The molecule has 2 aromatic rings. The number of hydrogen-bond donors (Lipinski definition) is 2.